The molecule has 156 valence electrons. The van der Waals surface area contributed by atoms with E-state index in [4.69, 9.17) is 0 Å². The molecule has 1 saturated heterocycles. The van der Waals surface area contributed by atoms with Crippen LogP contribution in [0.15, 0.2) is 58.3 Å². The predicted molar refractivity (Wildman–Crippen MR) is 109 cm³/mol. The second-order valence-electron chi connectivity index (χ2n) is 6.74. The summed E-state index contributed by atoms with van der Waals surface area (Å²) in [5, 5.41) is 0. The van der Waals surface area contributed by atoms with Gasteiger partial charge in [-0.05, 0) is 44.3 Å². The first-order valence-electron chi connectivity index (χ1n) is 9.05. The van der Waals surface area contributed by atoms with E-state index in [9.17, 15) is 21.6 Å². The summed E-state index contributed by atoms with van der Waals surface area (Å²) >= 11 is 0. The molecule has 0 bridgehead atoms. The SMILES string of the molecule is CNS(=O)(=O)c1cccc(C(=O)N2CCN(S(=O)(=O)c3ccc(C)cc3)CC2)c1. The molecule has 1 aliphatic rings. The van der Waals surface area contributed by atoms with Gasteiger partial charge in [0.05, 0.1) is 9.79 Å². The first kappa shape index (κ1) is 21.4. The molecule has 0 aliphatic carbocycles. The van der Waals surface area contributed by atoms with Crippen LogP contribution in [0, 0.1) is 6.92 Å². The minimum atomic E-state index is -3.66. The van der Waals surface area contributed by atoms with Crippen LogP contribution in [0.3, 0.4) is 0 Å². The fourth-order valence-corrected chi connectivity index (χ4v) is 5.29. The van der Waals surface area contributed by atoms with Gasteiger partial charge in [-0.15, -0.1) is 0 Å². The highest BCUT2D eigenvalue weighted by molar-refractivity contribution is 7.89. The second kappa shape index (κ2) is 8.23. The number of sulfonamides is 2. The molecular formula is C19H23N3O5S2. The molecule has 0 saturated carbocycles. The molecule has 3 rings (SSSR count). The molecule has 29 heavy (non-hydrogen) atoms. The Balaban J connectivity index is 1.72. The largest absolute Gasteiger partial charge is 0.336 e. The van der Waals surface area contributed by atoms with E-state index >= 15 is 0 Å². The molecule has 1 aliphatic heterocycles. The summed E-state index contributed by atoms with van der Waals surface area (Å²) in [4.78, 5) is 14.5. The first-order valence-corrected chi connectivity index (χ1v) is 12.0. The van der Waals surface area contributed by atoms with Crippen molar-refractivity contribution in [3.05, 3.63) is 59.7 Å². The number of benzene rings is 2. The molecule has 1 N–H and O–H groups in total. The predicted octanol–water partition coefficient (Wildman–Crippen LogP) is 1.05. The van der Waals surface area contributed by atoms with Crippen LogP contribution in [0.1, 0.15) is 15.9 Å². The Hall–Kier alpha value is -2.27. The van der Waals surface area contributed by atoms with Crippen molar-refractivity contribution in [2.24, 2.45) is 0 Å². The number of carbonyl (C=O) groups excluding carboxylic acids is 1. The molecule has 1 heterocycles. The summed E-state index contributed by atoms with van der Waals surface area (Å²) in [5.41, 5.74) is 1.22. The standard InChI is InChI=1S/C19H23N3O5S2/c1-15-6-8-17(9-7-15)29(26,27)22-12-10-21(11-13-22)19(23)16-4-3-5-18(14-16)28(24,25)20-2/h3-9,14,20H,10-13H2,1-2H3. The third kappa shape index (κ3) is 4.50. The molecule has 0 atom stereocenters. The van der Waals surface area contributed by atoms with E-state index < -0.39 is 20.0 Å². The molecular weight excluding hydrogens is 414 g/mol. The lowest BCUT2D eigenvalue weighted by Crippen LogP contribution is -2.50. The van der Waals surface area contributed by atoms with Gasteiger partial charge in [0, 0.05) is 31.7 Å². The lowest BCUT2D eigenvalue weighted by Gasteiger charge is -2.34. The lowest BCUT2D eigenvalue weighted by atomic mass is 10.2. The molecule has 0 spiro atoms. The fourth-order valence-electron chi connectivity index (χ4n) is 3.09. The number of carbonyl (C=O) groups is 1. The smallest absolute Gasteiger partial charge is 0.253 e. The highest BCUT2D eigenvalue weighted by Crippen LogP contribution is 2.20. The van der Waals surface area contributed by atoms with Crippen molar-refractivity contribution in [2.75, 3.05) is 33.2 Å². The minimum Gasteiger partial charge on any atom is -0.336 e. The average molecular weight is 438 g/mol. The summed E-state index contributed by atoms with van der Waals surface area (Å²) < 4.78 is 53.1. The maximum absolute atomic E-state index is 12.8. The van der Waals surface area contributed by atoms with E-state index in [1.54, 1.807) is 30.3 Å². The van der Waals surface area contributed by atoms with Gasteiger partial charge >= 0.3 is 0 Å². The highest BCUT2D eigenvalue weighted by atomic mass is 32.2. The van der Waals surface area contributed by atoms with Crippen LogP contribution >= 0.6 is 0 Å². The number of nitrogens with zero attached hydrogens (tertiary/aromatic N) is 2. The number of rotatable bonds is 5. The van der Waals surface area contributed by atoms with Gasteiger partial charge in [0.2, 0.25) is 20.0 Å². The van der Waals surface area contributed by atoms with Crippen LogP contribution in [0.4, 0.5) is 0 Å². The second-order valence-corrected chi connectivity index (χ2v) is 10.6. The van der Waals surface area contributed by atoms with Crippen molar-refractivity contribution < 1.29 is 21.6 Å². The number of hydrogen-bond acceptors (Lipinski definition) is 5. The van der Waals surface area contributed by atoms with E-state index in [1.165, 1.54) is 34.5 Å². The van der Waals surface area contributed by atoms with Gasteiger partial charge in [-0.1, -0.05) is 23.8 Å². The molecule has 10 heteroatoms. The Bertz CT molecular complexity index is 1100. The molecule has 1 fully saturated rings. The Kier molecular flexibility index (Phi) is 6.08. The molecule has 1 amide bonds. The van der Waals surface area contributed by atoms with E-state index in [0.717, 1.165) is 5.56 Å². The van der Waals surface area contributed by atoms with Gasteiger partial charge < -0.3 is 4.90 Å². The monoisotopic (exact) mass is 437 g/mol. The summed E-state index contributed by atoms with van der Waals surface area (Å²) in [6, 6.07) is 12.4. The van der Waals surface area contributed by atoms with Crippen LogP contribution < -0.4 is 4.72 Å². The maximum Gasteiger partial charge on any atom is 0.253 e. The van der Waals surface area contributed by atoms with Crippen LogP contribution in [-0.2, 0) is 20.0 Å². The first-order chi connectivity index (χ1) is 13.6. The third-order valence-corrected chi connectivity index (χ3v) is 8.17. The summed E-state index contributed by atoms with van der Waals surface area (Å²) in [7, 11) is -5.97. The summed E-state index contributed by atoms with van der Waals surface area (Å²) in [6.07, 6.45) is 0. The zero-order valence-electron chi connectivity index (χ0n) is 16.2. The van der Waals surface area contributed by atoms with Crippen molar-refractivity contribution in [3.63, 3.8) is 0 Å². The van der Waals surface area contributed by atoms with E-state index in [0.29, 0.717) is 0 Å². The van der Waals surface area contributed by atoms with Gasteiger partial charge in [0.15, 0.2) is 0 Å². The molecule has 0 unspecified atom stereocenters. The van der Waals surface area contributed by atoms with Crippen molar-refractivity contribution in [1.29, 1.82) is 0 Å². The molecule has 0 radical (unpaired) electrons. The van der Waals surface area contributed by atoms with Gasteiger partial charge in [-0.25, -0.2) is 21.6 Å². The quantitative estimate of drug-likeness (QED) is 0.753. The van der Waals surface area contributed by atoms with Gasteiger partial charge in [0.1, 0.15) is 0 Å². The third-order valence-electron chi connectivity index (χ3n) is 4.84. The summed E-state index contributed by atoms with van der Waals surface area (Å²) in [5.74, 6) is -0.328. The van der Waals surface area contributed by atoms with E-state index in [2.05, 4.69) is 4.72 Å². The molecule has 2 aromatic carbocycles. The van der Waals surface area contributed by atoms with Crippen LogP contribution in [0.5, 0.6) is 0 Å². The van der Waals surface area contributed by atoms with Gasteiger partial charge in [-0.3, -0.25) is 4.79 Å². The van der Waals surface area contributed by atoms with Crippen LogP contribution in [0.2, 0.25) is 0 Å². The van der Waals surface area contributed by atoms with E-state index in [-0.39, 0.29) is 47.4 Å². The zero-order chi connectivity index (χ0) is 21.2. The lowest BCUT2D eigenvalue weighted by molar-refractivity contribution is 0.0697. The number of piperazine rings is 1. The number of aryl methyl sites for hydroxylation is 1. The van der Waals surface area contributed by atoms with Crippen molar-refractivity contribution in [1.82, 2.24) is 13.9 Å². The summed E-state index contributed by atoms with van der Waals surface area (Å²) in [6.45, 7) is 2.70. The Labute approximate surface area is 171 Å². The average Bonchev–Trinajstić information content (AvgIpc) is 2.73. The van der Waals surface area contributed by atoms with Crippen molar-refractivity contribution in [2.45, 2.75) is 16.7 Å². The van der Waals surface area contributed by atoms with Gasteiger partial charge in [0.25, 0.3) is 5.91 Å². The number of hydrogen-bond donors (Lipinski definition) is 1. The molecule has 0 aromatic heterocycles. The Morgan fingerprint density at radius 2 is 1.52 bits per heavy atom. The maximum atomic E-state index is 12.8. The van der Waals surface area contributed by atoms with Crippen LogP contribution in [-0.4, -0.2) is 65.2 Å². The van der Waals surface area contributed by atoms with Gasteiger partial charge in [-0.2, -0.15) is 4.31 Å². The Morgan fingerprint density at radius 1 is 0.897 bits per heavy atom. The number of amides is 1. The Morgan fingerprint density at radius 3 is 2.10 bits per heavy atom. The molecule has 2 aromatic rings. The zero-order valence-corrected chi connectivity index (χ0v) is 17.8. The minimum absolute atomic E-state index is 0.00596. The van der Waals surface area contributed by atoms with Crippen molar-refractivity contribution in [3.8, 4) is 0 Å². The molecule has 8 nitrogen and oxygen atoms in total. The van der Waals surface area contributed by atoms with E-state index in [1.807, 2.05) is 6.92 Å². The highest BCUT2D eigenvalue weighted by Gasteiger charge is 2.30. The normalized spacial score (nSPS) is 16.0. The van der Waals surface area contributed by atoms with Crippen LogP contribution in [0.25, 0.3) is 0 Å². The van der Waals surface area contributed by atoms with Crippen molar-refractivity contribution >= 4 is 26.0 Å². The fraction of sp³-hybridized carbons (Fsp3) is 0.316. The number of nitrogens with one attached hydrogen (secondary N) is 1. The topological polar surface area (TPSA) is 104 Å².